The van der Waals surface area contributed by atoms with Gasteiger partial charge in [-0.25, -0.2) is 9.18 Å². The predicted octanol–water partition coefficient (Wildman–Crippen LogP) is 0.990. The number of nitrogens with zero attached hydrogens (tertiary/aromatic N) is 3. The molecular formula is C19H26FN5O2. The lowest BCUT2D eigenvalue weighted by atomic mass is 9.88. The molecule has 2 aliphatic rings. The quantitative estimate of drug-likeness (QED) is 0.777. The molecule has 0 bridgehead atoms. The van der Waals surface area contributed by atoms with Gasteiger partial charge >= 0.3 is 5.69 Å². The van der Waals surface area contributed by atoms with Crippen LogP contribution in [0, 0.1) is 17.7 Å². The van der Waals surface area contributed by atoms with Crippen LogP contribution in [0.1, 0.15) is 33.1 Å². The average molecular weight is 375 g/mol. The Balaban J connectivity index is 1.85. The standard InChI is InChI=1S/C19H26FN5O2/c1-19(2,21)12-7-8-23(10-12)14-6-5-13-16(15(14)20)24(9-11-3-4-11)18(27)25(22)17(13)26/h5-6,11-12H,3-4,7-10,21-22H2,1-2H3/t12-/m1/s1. The van der Waals surface area contributed by atoms with Gasteiger partial charge in [-0.15, -0.1) is 0 Å². The number of aromatic nitrogens is 2. The molecule has 2 aromatic rings. The molecule has 7 nitrogen and oxygen atoms in total. The summed E-state index contributed by atoms with van der Waals surface area (Å²) in [6.07, 6.45) is 2.87. The van der Waals surface area contributed by atoms with Crippen molar-refractivity contribution in [3.63, 3.8) is 0 Å². The van der Waals surface area contributed by atoms with Crippen molar-refractivity contribution in [1.82, 2.24) is 9.24 Å². The smallest absolute Gasteiger partial charge is 0.350 e. The summed E-state index contributed by atoms with van der Waals surface area (Å²) in [7, 11) is 0. The van der Waals surface area contributed by atoms with Crippen molar-refractivity contribution >= 4 is 16.6 Å². The monoisotopic (exact) mass is 375 g/mol. The molecule has 1 aromatic carbocycles. The Kier molecular flexibility index (Phi) is 4.06. The van der Waals surface area contributed by atoms with Crippen molar-refractivity contribution in [2.45, 2.75) is 45.2 Å². The van der Waals surface area contributed by atoms with Gasteiger partial charge in [0.05, 0.1) is 16.6 Å². The van der Waals surface area contributed by atoms with Crippen LogP contribution in [0.25, 0.3) is 10.9 Å². The summed E-state index contributed by atoms with van der Waals surface area (Å²) in [6, 6.07) is 3.18. The highest BCUT2D eigenvalue weighted by molar-refractivity contribution is 5.83. The van der Waals surface area contributed by atoms with E-state index in [0.29, 0.717) is 35.9 Å². The third-order valence-corrected chi connectivity index (χ3v) is 5.97. The summed E-state index contributed by atoms with van der Waals surface area (Å²) in [5.41, 5.74) is 5.02. The van der Waals surface area contributed by atoms with Gasteiger partial charge in [0, 0.05) is 25.2 Å². The third-order valence-electron chi connectivity index (χ3n) is 5.97. The molecule has 4 rings (SSSR count). The summed E-state index contributed by atoms with van der Waals surface area (Å²) >= 11 is 0. The molecule has 1 saturated heterocycles. The lowest BCUT2D eigenvalue weighted by molar-refractivity contribution is 0.348. The first kappa shape index (κ1) is 18.0. The minimum atomic E-state index is -0.671. The fourth-order valence-corrected chi connectivity index (χ4v) is 3.99. The van der Waals surface area contributed by atoms with E-state index in [4.69, 9.17) is 11.6 Å². The lowest BCUT2D eigenvalue weighted by Crippen LogP contribution is -2.45. The minimum absolute atomic E-state index is 0.0616. The van der Waals surface area contributed by atoms with Gasteiger partial charge in [-0.3, -0.25) is 9.36 Å². The highest BCUT2D eigenvalue weighted by atomic mass is 19.1. The van der Waals surface area contributed by atoms with Gasteiger partial charge < -0.3 is 16.5 Å². The van der Waals surface area contributed by atoms with E-state index in [1.165, 1.54) is 4.57 Å². The molecule has 27 heavy (non-hydrogen) atoms. The Bertz CT molecular complexity index is 1020. The molecule has 1 aromatic heterocycles. The van der Waals surface area contributed by atoms with Crippen LogP contribution in [-0.2, 0) is 6.54 Å². The Labute approximate surface area is 156 Å². The van der Waals surface area contributed by atoms with Crippen molar-refractivity contribution in [2.24, 2.45) is 17.6 Å². The second-order valence-electron chi connectivity index (χ2n) is 8.56. The molecule has 0 amide bonds. The van der Waals surface area contributed by atoms with E-state index in [1.54, 1.807) is 12.1 Å². The zero-order chi connectivity index (χ0) is 19.5. The van der Waals surface area contributed by atoms with E-state index in [9.17, 15) is 9.59 Å². The van der Waals surface area contributed by atoms with Crippen LogP contribution in [0.2, 0.25) is 0 Å². The summed E-state index contributed by atoms with van der Waals surface area (Å²) < 4.78 is 17.4. The maximum atomic E-state index is 15.5. The highest BCUT2D eigenvalue weighted by Gasteiger charge is 2.34. The number of fused-ring (bicyclic) bond motifs is 1. The van der Waals surface area contributed by atoms with Crippen LogP contribution >= 0.6 is 0 Å². The zero-order valence-electron chi connectivity index (χ0n) is 15.7. The largest absolute Gasteiger partial charge is 0.369 e. The SMILES string of the molecule is CC(C)(N)[C@@H]1CCN(c2ccc3c(=O)n(N)c(=O)n(CC4CC4)c3c2F)C1. The van der Waals surface area contributed by atoms with Gasteiger partial charge in [-0.05, 0) is 57.1 Å². The van der Waals surface area contributed by atoms with Gasteiger partial charge in [-0.2, -0.15) is 4.68 Å². The first-order valence-corrected chi connectivity index (χ1v) is 9.45. The topological polar surface area (TPSA) is 99.3 Å². The molecule has 2 fully saturated rings. The molecule has 4 N–H and O–H groups in total. The Hall–Kier alpha value is -2.35. The molecule has 1 aliphatic heterocycles. The molecular weight excluding hydrogens is 349 g/mol. The van der Waals surface area contributed by atoms with Crippen molar-refractivity contribution in [1.29, 1.82) is 0 Å². The molecule has 0 radical (unpaired) electrons. The van der Waals surface area contributed by atoms with Crippen LogP contribution in [0.15, 0.2) is 21.7 Å². The summed E-state index contributed by atoms with van der Waals surface area (Å²) in [5, 5.41) is 0.133. The maximum Gasteiger partial charge on any atom is 0.350 e. The molecule has 2 heterocycles. The first-order valence-electron chi connectivity index (χ1n) is 9.45. The van der Waals surface area contributed by atoms with Crippen LogP contribution in [0.3, 0.4) is 0 Å². The number of halogens is 1. The molecule has 8 heteroatoms. The fraction of sp³-hybridized carbons (Fsp3) is 0.579. The normalized spacial score (nSPS) is 20.6. The number of nitrogen functional groups attached to an aromatic ring is 1. The molecule has 0 spiro atoms. The number of nitrogens with two attached hydrogens (primary N) is 2. The summed E-state index contributed by atoms with van der Waals surface area (Å²) in [4.78, 5) is 26.9. The Morgan fingerprint density at radius 1 is 1.22 bits per heavy atom. The molecule has 0 unspecified atom stereocenters. The van der Waals surface area contributed by atoms with E-state index in [1.807, 2.05) is 18.7 Å². The van der Waals surface area contributed by atoms with E-state index >= 15 is 4.39 Å². The van der Waals surface area contributed by atoms with E-state index in [2.05, 4.69) is 0 Å². The molecule has 1 saturated carbocycles. The van der Waals surface area contributed by atoms with E-state index < -0.39 is 17.1 Å². The number of rotatable bonds is 4. The van der Waals surface area contributed by atoms with Gasteiger partial charge in [-0.1, -0.05) is 0 Å². The van der Waals surface area contributed by atoms with Crippen LogP contribution in [-0.4, -0.2) is 27.9 Å². The van der Waals surface area contributed by atoms with Gasteiger partial charge in [0.15, 0.2) is 5.82 Å². The van der Waals surface area contributed by atoms with Gasteiger partial charge in [0.1, 0.15) is 0 Å². The molecule has 1 atom stereocenters. The second kappa shape index (κ2) is 6.09. The minimum Gasteiger partial charge on any atom is -0.369 e. The number of hydrogen-bond acceptors (Lipinski definition) is 5. The molecule has 146 valence electrons. The van der Waals surface area contributed by atoms with E-state index in [0.717, 1.165) is 19.3 Å². The zero-order valence-corrected chi connectivity index (χ0v) is 15.7. The Morgan fingerprint density at radius 3 is 2.52 bits per heavy atom. The van der Waals surface area contributed by atoms with Gasteiger partial charge in [0.25, 0.3) is 5.56 Å². The Morgan fingerprint density at radius 2 is 1.93 bits per heavy atom. The van der Waals surface area contributed by atoms with Crippen molar-refractivity contribution in [2.75, 3.05) is 23.8 Å². The van der Waals surface area contributed by atoms with Crippen molar-refractivity contribution in [3.8, 4) is 0 Å². The number of benzene rings is 1. The second-order valence-corrected chi connectivity index (χ2v) is 8.56. The van der Waals surface area contributed by atoms with Crippen LogP contribution in [0.5, 0.6) is 0 Å². The summed E-state index contributed by atoms with van der Waals surface area (Å²) in [5.74, 6) is 5.70. The van der Waals surface area contributed by atoms with Crippen LogP contribution < -0.4 is 27.7 Å². The molecule has 1 aliphatic carbocycles. The number of anilines is 1. The van der Waals surface area contributed by atoms with Crippen LogP contribution in [0.4, 0.5) is 10.1 Å². The lowest BCUT2D eigenvalue weighted by Gasteiger charge is -2.27. The fourth-order valence-electron chi connectivity index (χ4n) is 3.99. The average Bonchev–Trinajstić information content (AvgIpc) is 3.28. The van der Waals surface area contributed by atoms with Crippen molar-refractivity contribution in [3.05, 3.63) is 38.8 Å². The predicted molar refractivity (Wildman–Crippen MR) is 104 cm³/mol. The third kappa shape index (κ3) is 3.01. The van der Waals surface area contributed by atoms with Crippen molar-refractivity contribution < 1.29 is 4.39 Å². The van der Waals surface area contributed by atoms with E-state index in [-0.39, 0.29) is 22.4 Å². The summed E-state index contributed by atoms with van der Waals surface area (Å²) in [6.45, 7) is 5.68. The first-order chi connectivity index (χ1) is 12.7. The number of hydrogen-bond donors (Lipinski definition) is 2. The van der Waals surface area contributed by atoms with Gasteiger partial charge in [0.2, 0.25) is 0 Å². The highest BCUT2D eigenvalue weighted by Crippen LogP contribution is 2.34. The maximum absolute atomic E-state index is 15.5.